The van der Waals surface area contributed by atoms with Crippen LogP contribution in [-0.2, 0) is 11.2 Å². The molecule has 7 heteroatoms. The van der Waals surface area contributed by atoms with Gasteiger partial charge in [-0.15, -0.1) is 0 Å². The van der Waals surface area contributed by atoms with E-state index in [0.29, 0.717) is 31.9 Å². The van der Waals surface area contributed by atoms with Gasteiger partial charge in [0.05, 0.1) is 11.1 Å². The summed E-state index contributed by atoms with van der Waals surface area (Å²) in [5.74, 6) is -0.404. The van der Waals surface area contributed by atoms with Gasteiger partial charge in [0, 0.05) is 31.6 Å². The molecule has 5 nitrogen and oxygen atoms in total. The highest BCUT2D eigenvalue weighted by Crippen LogP contribution is 2.23. The highest BCUT2D eigenvalue weighted by atomic mass is 32.1. The van der Waals surface area contributed by atoms with E-state index in [1.54, 1.807) is 21.9 Å². The van der Waals surface area contributed by atoms with Crippen LogP contribution in [0.25, 0.3) is 10.1 Å². The Kier molecular flexibility index (Phi) is 4.85. The molecule has 2 heterocycles. The Morgan fingerprint density at radius 1 is 0.963 bits per heavy atom. The van der Waals surface area contributed by atoms with E-state index >= 15 is 0 Å². The van der Waals surface area contributed by atoms with E-state index in [1.807, 2.05) is 24.3 Å². The van der Waals surface area contributed by atoms with Crippen LogP contribution in [0.1, 0.15) is 16.1 Å². The molecule has 0 bridgehead atoms. The monoisotopic (exact) mass is 383 g/mol. The standard InChI is InChI=1S/C20H18FN3O2S/c21-15-7-5-14(6-8-15)13-18(25)23-9-11-24(12-10-23)20(26)19-16-3-1-2-4-17(16)27-22-19/h1-8H,9-13H2. The number of nitrogens with zero attached hydrogens (tertiary/aromatic N) is 3. The van der Waals surface area contributed by atoms with E-state index < -0.39 is 0 Å². The Balaban J connectivity index is 1.37. The maximum atomic E-state index is 13.0. The van der Waals surface area contributed by atoms with E-state index in [4.69, 9.17) is 0 Å². The van der Waals surface area contributed by atoms with Crippen LogP contribution in [0.3, 0.4) is 0 Å². The Labute approximate surface area is 160 Å². The normalized spacial score (nSPS) is 14.6. The molecule has 1 saturated heterocycles. The van der Waals surface area contributed by atoms with Crippen molar-refractivity contribution in [3.8, 4) is 0 Å². The third-order valence-electron chi connectivity index (χ3n) is 4.77. The number of amides is 2. The highest BCUT2D eigenvalue weighted by molar-refractivity contribution is 7.13. The van der Waals surface area contributed by atoms with Gasteiger partial charge in [-0.1, -0.05) is 30.3 Å². The third kappa shape index (κ3) is 3.68. The molecule has 3 aromatic rings. The first-order valence-corrected chi connectivity index (χ1v) is 9.55. The summed E-state index contributed by atoms with van der Waals surface area (Å²) < 4.78 is 18.3. The number of carbonyl (C=O) groups is 2. The molecule has 27 heavy (non-hydrogen) atoms. The summed E-state index contributed by atoms with van der Waals surface area (Å²) in [6, 6.07) is 13.7. The summed E-state index contributed by atoms with van der Waals surface area (Å²) in [5.41, 5.74) is 1.27. The number of halogens is 1. The number of fused-ring (bicyclic) bond motifs is 1. The van der Waals surface area contributed by atoms with E-state index in [-0.39, 0.29) is 24.1 Å². The molecule has 2 aromatic carbocycles. The number of hydrogen-bond donors (Lipinski definition) is 0. The minimum Gasteiger partial charge on any atom is -0.339 e. The quantitative estimate of drug-likeness (QED) is 0.699. The summed E-state index contributed by atoms with van der Waals surface area (Å²) in [6.45, 7) is 1.96. The minimum absolute atomic E-state index is 0.00665. The van der Waals surface area contributed by atoms with Gasteiger partial charge < -0.3 is 9.80 Å². The number of aromatic nitrogens is 1. The van der Waals surface area contributed by atoms with Crippen molar-refractivity contribution < 1.29 is 14.0 Å². The first-order valence-electron chi connectivity index (χ1n) is 8.78. The molecule has 0 atom stereocenters. The summed E-state index contributed by atoms with van der Waals surface area (Å²) in [6.07, 6.45) is 0.241. The maximum absolute atomic E-state index is 13.0. The van der Waals surface area contributed by atoms with Gasteiger partial charge in [0.2, 0.25) is 5.91 Å². The van der Waals surface area contributed by atoms with Crippen LogP contribution in [0.2, 0.25) is 0 Å². The summed E-state index contributed by atoms with van der Waals surface area (Å²) in [4.78, 5) is 28.8. The van der Waals surface area contributed by atoms with Crippen LogP contribution >= 0.6 is 11.5 Å². The fraction of sp³-hybridized carbons (Fsp3) is 0.250. The molecule has 0 spiro atoms. The molecule has 0 N–H and O–H groups in total. The molecular formula is C20H18FN3O2S. The first-order chi connectivity index (χ1) is 13.1. The van der Waals surface area contributed by atoms with Gasteiger partial charge in [-0.2, -0.15) is 4.37 Å². The van der Waals surface area contributed by atoms with Crippen LogP contribution in [0.5, 0.6) is 0 Å². The lowest BCUT2D eigenvalue weighted by Gasteiger charge is -2.34. The van der Waals surface area contributed by atoms with E-state index in [9.17, 15) is 14.0 Å². The van der Waals surface area contributed by atoms with E-state index in [2.05, 4.69) is 4.37 Å². The van der Waals surface area contributed by atoms with Gasteiger partial charge >= 0.3 is 0 Å². The zero-order valence-corrected chi connectivity index (χ0v) is 15.4. The summed E-state index contributed by atoms with van der Waals surface area (Å²) in [5, 5.41) is 0.877. The first kappa shape index (κ1) is 17.6. The number of rotatable bonds is 3. The molecule has 0 unspecified atom stereocenters. The fourth-order valence-electron chi connectivity index (χ4n) is 3.24. The van der Waals surface area contributed by atoms with Crippen molar-refractivity contribution in [2.45, 2.75) is 6.42 Å². The number of benzene rings is 2. The van der Waals surface area contributed by atoms with Crippen LogP contribution in [0.15, 0.2) is 48.5 Å². The smallest absolute Gasteiger partial charge is 0.274 e. The van der Waals surface area contributed by atoms with Crippen molar-refractivity contribution in [3.63, 3.8) is 0 Å². The largest absolute Gasteiger partial charge is 0.339 e. The van der Waals surface area contributed by atoms with Crippen molar-refractivity contribution in [2.75, 3.05) is 26.2 Å². The summed E-state index contributed by atoms with van der Waals surface area (Å²) in [7, 11) is 0. The molecular weight excluding hydrogens is 365 g/mol. The second-order valence-electron chi connectivity index (χ2n) is 6.50. The van der Waals surface area contributed by atoms with Gasteiger partial charge in [0.25, 0.3) is 5.91 Å². The third-order valence-corrected chi connectivity index (χ3v) is 5.59. The van der Waals surface area contributed by atoms with Gasteiger partial charge in [-0.05, 0) is 35.3 Å². The van der Waals surface area contributed by atoms with Crippen LogP contribution < -0.4 is 0 Å². The van der Waals surface area contributed by atoms with E-state index in [0.717, 1.165) is 15.6 Å². The summed E-state index contributed by atoms with van der Waals surface area (Å²) >= 11 is 1.33. The second kappa shape index (κ2) is 7.44. The molecule has 1 aliphatic heterocycles. The minimum atomic E-state index is -0.312. The van der Waals surface area contributed by atoms with Gasteiger partial charge in [-0.3, -0.25) is 9.59 Å². The predicted octanol–water partition coefficient (Wildman–Crippen LogP) is 2.96. The number of hydrogen-bond acceptors (Lipinski definition) is 4. The maximum Gasteiger partial charge on any atom is 0.274 e. The van der Waals surface area contributed by atoms with Crippen molar-refractivity contribution in [1.29, 1.82) is 0 Å². The molecule has 1 aromatic heterocycles. The molecule has 4 rings (SSSR count). The average Bonchev–Trinajstić information content (AvgIpc) is 3.13. The lowest BCUT2D eigenvalue weighted by molar-refractivity contribution is -0.131. The van der Waals surface area contributed by atoms with Gasteiger partial charge in [-0.25, -0.2) is 4.39 Å². The Bertz CT molecular complexity index is 978. The predicted molar refractivity (Wildman–Crippen MR) is 102 cm³/mol. The van der Waals surface area contributed by atoms with Crippen molar-refractivity contribution in [1.82, 2.24) is 14.2 Å². The molecule has 138 valence electrons. The fourth-order valence-corrected chi connectivity index (χ4v) is 4.01. The number of carbonyl (C=O) groups excluding carboxylic acids is 2. The lowest BCUT2D eigenvalue weighted by Crippen LogP contribution is -2.51. The Hall–Kier alpha value is -2.80. The number of piperazine rings is 1. The topological polar surface area (TPSA) is 53.5 Å². The average molecular weight is 383 g/mol. The second-order valence-corrected chi connectivity index (χ2v) is 7.31. The van der Waals surface area contributed by atoms with E-state index in [1.165, 1.54) is 23.7 Å². The Morgan fingerprint density at radius 2 is 1.63 bits per heavy atom. The molecule has 0 saturated carbocycles. The molecule has 1 aliphatic rings. The molecule has 2 amide bonds. The van der Waals surface area contributed by atoms with Gasteiger partial charge in [0.1, 0.15) is 11.5 Å². The highest BCUT2D eigenvalue weighted by Gasteiger charge is 2.27. The zero-order valence-electron chi connectivity index (χ0n) is 14.6. The van der Waals surface area contributed by atoms with Crippen LogP contribution in [-0.4, -0.2) is 52.2 Å². The van der Waals surface area contributed by atoms with Crippen LogP contribution in [0.4, 0.5) is 4.39 Å². The van der Waals surface area contributed by atoms with Crippen molar-refractivity contribution in [2.24, 2.45) is 0 Å². The van der Waals surface area contributed by atoms with Crippen molar-refractivity contribution in [3.05, 3.63) is 65.6 Å². The molecule has 0 radical (unpaired) electrons. The SMILES string of the molecule is O=C(Cc1ccc(F)cc1)N1CCN(C(=O)c2nsc3ccccc23)CC1. The lowest BCUT2D eigenvalue weighted by atomic mass is 10.1. The zero-order chi connectivity index (χ0) is 18.8. The molecule has 1 fully saturated rings. The Morgan fingerprint density at radius 3 is 2.37 bits per heavy atom. The van der Waals surface area contributed by atoms with Gasteiger partial charge in [0.15, 0.2) is 0 Å². The van der Waals surface area contributed by atoms with Crippen molar-refractivity contribution >= 4 is 33.4 Å². The van der Waals surface area contributed by atoms with Crippen LogP contribution in [0, 0.1) is 5.82 Å². The molecule has 0 aliphatic carbocycles.